The number of halogens is 3. The van der Waals surface area contributed by atoms with Crippen LogP contribution in [0.5, 0.6) is 0 Å². The molecular weight excluding hydrogens is 334 g/mol. The fraction of sp³-hybridized carbons (Fsp3) is 0.308. The van der Waals surface area contributed by atoms with Gasteiger partial charge in [0.15, 0.2) is 5.76 Å². The molecular formula is C13H13BrF2N2O2. The summed E-state index contributed by atoms with van der Waals surface area (Å²) in [6.45, 7) is 0.0656. The third kappa shape index (κ3) is 2.99. The van der Waals surface area contributed by atoms with Crippen LogP contribution in [0.25, 0.3) is 11.0 Å². The summed E-state index contributed by atoms with van der Waals surface area (Å²) in [7, 11) is 0. The topological polar surface area (TPSA) is 68.3 Å². The van der Waals surface area contributed by atoms with Gasteiger partial charge in [-0.3, -0.25) is 4.79 Å². The number of nitrogens with one attached hydrogen (secondary N) is 1. The van der Waals surface area contributed by atoms with Gasteiger partial charge < -0.3 is 15.5 Å². The Hall–Kier alpha value is -1.47. The maximum atomic E-state index is 13.0. The van der Waals surface area contributed by atoms with Crippen molar-refractivity contribution in [1.29, 1.82) is 0 Å². The van der Waals surface area contributed by atoms with Gasteiger partial charge in [0.05, 0.1) is 13.1 Å². The van der Waals surface area contributed by atoms with E-state index in [0.717, 1.165) is 9.86 Å². The number of carbonyl (C=O) groups is 1. The molecule has 1 aromatic carbocycles. The Kier molecular flexibility index (Phi) is 4.10. The van der Waals surface area contributed by atoms with Gasteiger partial charge in [-0.15, -0.1) is 0 Å². The fourth-order valence-electron chi connectivity index (χ4n) is 1.77. The third-order valence-electron chi connectivity index (χ3n) is 2.91. The average Bonchev–Trinajstić information content (AvgIpc) is 2.74. The molecule has 7 heteroatoms. The number of amides is 1. The summed E-state index contributed by atoms with van der Waals surface area (Å²) in [5.74, 6) is -3.77. The molecule has 0 radical (unpaired) electrons. The van der Waals surface area contributed by atoms with Crippen LogP contribution in [0, 0.1) is 6.92 Å². The van der Waals surface area contributed by atoms with Crippen LogP contribution < -0.4 is 11.1 Å². The van der Waals surface area contributed by atoms with Crippen LogP contribution in [0.1, 0.15) is 16.1 Å². The Labute approximate surface area is 122 Å². The lowest BCUT2D eigenvalue weighted by Crippen LogP contribution is -2.41. The Balaban J connectivity index is 2.25. The van der Waals surface area contributed by atoms with Crippen molar-refractivity contribution in [3.63, 3.8) is 0 Å². The zero-order chi connectivity index (χ0) is 14.9. The van der Waals surface area contributed by atoms with Gasteiger partial charge >= 0.3 is 0 Å². The van der Waals surface area contributed by atoms with Gasteiger partial charge in [0.2, 0.25) is 0 Å². The lowest BCUT2D eigenvalue weighted by molar-refractivity contribution is 0.0116. The minimum absolute atomic E-state index is 0.0333. The van der Waals surface area contributed by atoms with Gasteiger partial charge in [-0.05, 0) is 25.1 Å². The Morgan fingerprint density at radius 1 is 1.50 bits per heavy atom. The highest BCUT2D eigenvalue weighted by molar-refractivity contribution is 9.10. The maximum absolute atomic E-state index is 13.0. The van der Waals surface area contributed by atoms with Crippen LogP contribution in [0.3, 0.4) is 0 Å². The van der Waals surface area contributed by atoms with E-state index in [9.17, 15) is 13.6 Å². The fourth-order valence-corrected chi connectivity index (χ4v) is 2.13. The van der Waals surface area contributed by atoms with Gasteiger partial charge in [-0.2, -0.15) is 0 Å². The van der Waals surface area contributed by atoms with Crippen LogP contribution in [0.15, 0.2) is 27.1 Å². The summed E-state index contributed by atoms with van der Waals surface area (Å²) in [6, 6.07) is 5.28. The van der Waals surface area contributed by atoms with Crippen molar-refractivity contribution in [2.75, 3.05) is 13.1 Å². The average molecular weight is 347 g/mol. The molecule has 1 amide bonds. The molecule has 2 aromatic rings. The highest BCUT2D eigenvalue weighted by Crippen LogP contribution is 2.28. The quantitative estimate of drug-likeness (QED) is 0.894. The van der Waals surface area contributed by atoms with Crippen molar-refractivity contribution in [1.82, 2.24) is 5.32 Å². The maximum Gasteiger partial charge on any atom is 0.287 e. The Morgan fingerprint density at radius 2 is 2.20 bits per heavy atom. The summed E-state index contributed by atoms with van der Waals surface area (Å²) in [4.78, 5) is 11.9. The number of carbonyl (C=O) groups excluding carboxylic acids is 1. The third-order valence-corrected chi connectivity index (χ3v) is 3.40. The van der Waals surface area contributed by atoms with Crippen LogP contribution in [-0.2, 0) is 0 Å². The molecule has 20 heavy (non-hydrogen) atoms. The lowest BCUT2D eigenvalue weighted by Gasteiger charge is -2.13. The van der Waals surface area contributed by atoms with Crippen molar-refractivity contribution in [2.45, 2.75) is 12.8 Å². The molecule has 2 rings (SSSR count). The second-order valence-electron chi connectivity index (χ2n) is 4.44. The van der Waals surface area contributed by atoms with Crippen molar-refractivity contribution in [2.24, 2.45) is 5.73 Å². The van der Waals surface area contributed by atoms with Crippen LogP contribution in [0.4, 0.5) is 8.78 Å². The molecule has 0 fully saturated rings. The number of aryl methyl sites for hydroxylation is 1. The second kappa shape index (κ2) is 5.49. The van der Waals surface area contributed by atoms with Crippen molar-refractivity contribution < 1.29 is 18.0 Å². The van der Waals surface area contributed by atoms with E-state index in [4.69, 9.17) is 10.2 Å². The number of benzene rings is 1. The lowest BCUT2D eigenvalue weighted by atomic mass is 10.1. The van der Waals surface area contributed by atoms with Crippen LogP contribution in [-0.4, -0.2) is 24.9 Å². The van der Waals surface area contributed by atoms with Gasteiger partial charge in [0.25, 0.3) is 11.8 Å². The second-order valence-corrected chi connectivity index (χ2v) is 5.36. The molecule has 0 saturated heterocycles. The number of nitrogens with two attached hydrogens (primary N) is 1. The number of rotatable bonds is 4. The molecule has 0 aliphatic carbocycles. The van der Waals surface area contributed by atoms with E-state index in [2.05, 4.69) is 21.2 Å². The molecule has 4 nitrogen and oxygen atoms in total. The standard InChI is InChI=1S/C13H13BrF2N2O2/c1-7-9-4-8(14)2-3-10(9)20-11(7)12(19)18-6-13(15,16)5-17/h2-4H,5-6,17H2,1H3,(H,18,19). The van der Waals surface area contributed by atoms with Crippen molar-refractivity contribution >= 4 is 32.8 Å². The number of fused-ring (bicyclic) bond motifs is 1. The van der Waals surface area contributed by atoms with E-state index in [-0.39, 0.29) is 5.76 Å². The zero-order valence-electron chi connectivity index (χ0n) is 10.7. The summed E-state index contributed by atoms with van der Waals surface area (Å²) < 4.78 is 32.3. The SMILES string of the molecule is Cc1c(C(=O)NCC(F)(F)CN)oc2ccc(Br)cc12. The van der Waals surface area contributed by atoms with Crippen molar-refractivity contribution in [3.05, 3.63) is 34.0 Å². The van der Waals surface area contributed by atoms with Gasteiger partial charge in [0.1, 0.15) is 5.58 Å². The predicted molar refractivity (Wildman–Crippen MR) is 75.0 cm³/mol. The molecule has 0 spiro atoms. The number of hydrogen-bond acceptors (Lipinski definition) is 3. The van der Waals surface area contributed by atoms with E-state index in [1.807, 2.05) is 0 Å². The molecule has 108 valence electrons. The predicted octanol–water partition coefficient (Wildman–Crippen LogP) is 2.83. The molecule has 0 saturated carbocycles. The molecule has 0 aliphatic heterocycles. The smallest absolute Gasteiger partial charge is 0.287 e. The van der Waals surface area contributed by atoms with Crippen LogP contribution >= 0.6 is 15.9 Å². The first kappa shape index (κ1) is 14.9. The molecule has 0 aliphatic rings. The first-order valence-corrected chi connectivity index (χ1v) is 6.68. The summed E-state index contributed by atoms with van der Waals surface area (Å²) in [5.41, 5.74) is 6.04. The Bertz CT molecular complexity index is 655. The zero-order valence-corrected chi connectivity index (χ0v) is 12.3. The van der Waals surface area contributed by atoms with E-state index in [0.29, 0.717) is 11.1 Å². The highest BCUT2D eigenvalue weighted by atomic mass is 79.9. The molecule has 1 heterocycles. The van der Waals surface area contributed by atoms with E-state index < -0.39 is 24.9 Å². The first-order valence-electron chi connectivity index (χ1n) is 5.89. The minimum Gasteiger partial charge on any atom is -0.451 e. The molecule has 0 unspecified atom stereocenters. The largest absolute Gasteiger partial charge is 0.451 e. The van der Waals surface area contributed by atoms with Crippen molar-refractivity contribution in [3.8, 4) is 0 Å². The monoisotopic (exact) mass is 346 g/mol. The Morgan fingerprint density at radius 3 is 2.85 bits per heavy atom. The highest BCUT2D eigenvalue weighted by Gasteiger charge is 2.28. The molecule has 3 N–H and O–H groups in total. The molecule has 0 bridgehead atoms. The molecule has 0 atom stereocenters. The van der Waals surface area contributed by atoms with E-state index in [1.54, 1.807) is 25.1 Å². The van der Waals surface area contributed by atoms with Crippen LogP contribution in [0.2, 0.25) is 0 Å². The number of hydrogen-bond donors (Lipinski definition) is 2. The minimum atomic E-state index is -3.13. The van der Waals surface area contributed by atoms with Gasteiger partial charge in [0, 0.05) is 15.4 Å². The normalized spacial score (nSPS) is 11.8. The van der Waals surface area contributed by atoms with E-state index in [1.165, 1.54) is 0 Å². The van der Waals surface area contributed by atoms with Gasteiger partial charge in [-0.1, -0.05) is 15.9 Å². The summed E-state index contributed by atoms with van der Waals surface area (Å²) in [5, 5.41) is 2.89. The summed E-state index contributed by atoms with van der Waals surface area (Å²) >= 11 is 3.32. The number of furan rings is 1. The molecule has 1 aromatic heterocycles. The summed E-state index contributed by atoms with van der Waals surface area (Å²) in [6.07, 6.45) is 0. The van der Waals surface area contributed by atoms with Gasteiger partial charge in [-0.25, -0.2) is 8.78 Å². The first-order chi connectivity index (χ1) is 9.34. The van der Waals surface area contributed by atoms with E-state index >= 15 is 0 Å². The number of alkyl halides is 2.